The van der Waals surface area contributed by atoms with Crippen molar-refractivity contribution in [3.8, 4) is 5.75 Å². The van der Waals surface area contributed by atoms with E-state index >= 15 is 0 Å². The van der Waals surface area contributed by atoms with Crippen molar-refractivity contribution in [2.75, 3.05) is 43.1 Å². The third kappa shape index (κ3) is 6.50. The minimum Gasteiger partial charge on any atom is -0.493 e. The van der Waals surface area contributed by atoms with Gasteiger partial charge in [-0.1, -0.05) is 18.2 Å². The first-order chi connectivity index (χ1) is 14.1. The van der Waals surface area contributed by atoms with Crippen molar-refractivity contribution in [1.82, 2.24) is 0 Å². The summed E-state index contributed by atoms with van der Waals surface area (Å²) in [6.07, 6.45) is -0.820. The van der Waals surface area contributed by atoms with Gasteiger partial charge in [-0.3, -0.25) is 9.59 Å². The third-order valence-corrected chi connectivity index (χ3v) is 4.51. The van der Waals surface area contributed by atoms with Gasteiger partial charge >= 0.3 is 5.97 Å². The number of esters is 1. The van der Waals surface area contributed by atoms with Crippen LogP contribution in [0.15, 0.2) is 54.6 Å². The molecule has 154 valence electrons. The Bertz CT molecular complexity index is 789. The van der Waals surface area contributed by atoms with Crippen LogP contribution in [0.1, 0.15) is 13.3 Å². The summed E-state index contributed by atoms with van der Waals surface area (Å²) in [5, 5.41) is 2.77. The van der Waals surface area contributed by atoms with E-state index in [2.05, 4.69) is 10.2 Å². The number of para-hydroxylation sites is 1. The van der Waals surface area contributed by atoms with E-state index in [1.807, 2.05) is 54.6 Å². The van der Waals surface area contributed by atoms with Crippen molar-refractivity contribution in [2.24, 2.45) is 0 Å². The Morgan fingerprint density at radius 3 is 2.45 bits per heavy atom. The Morgan fingerprint density at radius 2 is 1.76 bits per heavy atom. The van der Waals surface area contributed by atoms with Crippen molar-refractivity contribution in [2.45, 2.75) is 19.4 Å². The van der Waals surface area contributed by atoms with Gasteiger partial charge in [0.05, 0.1) is 26.2 Å². The van der Waals surface area contributed by atoms with Gasteiger partial charge in [0.2, 0.25) is 0 Å². The van der Waals surface area contributed by atoms with Crippen LogP contribution < -0.4 is 15.0 Å². The van der Waals surface area contributed by atoms with Crippen LogP contribution in [0.5, 0.6) is 5.75 Å². The molecule has 0 saturated carbocycles. The number of nitrogens with one attached hydrogen (secondary N) is 1. The van der Waals surface area contributed by atoms with Crippen molar-refractivity contribution in [3.63, 3.8) is 0 Å². The highest BCUT2D eigenvalue weighted by atomic mass is 16.5. The zero-order valence-corrected chi connectivity index (χ0v) is 16.5. The van der Waals surface area contributed by atoms with Crippen LogP contribution in [-0.4, -0.2) is 50.9 Å². The van der Waals surface area contributed by atoms with Crippen LogP contribution >= 0.6 is 0 Å². The molecule has 0 aromatic heterocycles. The maximum absolute atomic E-state index is 12.3. The van der Waals surface area contributed by atoms with Gasteiger partial charge < -0.3 is 24.4 Å². The van der Waals surface area contributed by atoms with Crippen LogP contribution in [0, 0.1) is 0 Å². The molecule has 1 fully saturated rings. The minimum atomic E-state index is -0.891. The molecule has 1 saturated heterocycles. The van der Waals surface area contributed by atoms with Gasteiger partial charge in [-0.05, 0) is 43.3 Å². The maximum atomic E-state index is 12.3. The van der Waals surface area contributed by atoms with Gasteiger partial charge in [0.25, 0.3) is 5.91 Å². The van der Waals surface area contributed by atoms with Crippen LogP contribution in [0.3, 0.4) is 0 Å². The van der Waals surface area contributed by atoms with E-state index < -0.39 is 12.1 Å². The van der Waals surface area contributed by atoms with Crippen LogP contribution in [-0.2, 0) is 19.1 Å². The molecule has 1 atom stereocenters. The average molecular weight is 398 g/mol. The molecule has 0 spiro atoms. The third-order valence-electron chi connectivity index (χ3n) is 4.51. The van der Waals surface area contributed by atoms with Gasteiger partial charge in [-0.25, -0.2) is 0 Å². The number of ether oxygens (including phenoxy) is 3. The second-order valence-corrected chi connectivity index (χ2v) is 6.68. The zero-order valence-electron chi connectivity index (χ0n) is 16.5. The van der Waals surface area contributed by atoms with E-state index in [1.54, 1.807) is 6.92 Å². The van der Waals surface area contributed by atoms with Gasteiger partial charge in [0.15, 0.2) is 6.10 Å². The van der Waals surface area contributed by atoms with Gasteiger partial charge in [-0.2, -0.15) is 0 Å². The fraction of sp³-hybridized carbons (Fsp3) is 0.364. The van der Waals surface area contributed by atoms with Gasteiger partial charge in [-0.15, -0.1) is 0 Å². The lowest BCUT2D eigenvalue weighted by Crippen LogP contribution is -2.36. The summed E-state index contributed by atoms with van der Waals surface area (Å²) in [7, 11) is 0. The van der Waals surface area contributed by atoms with Gasteiger partial charge in [0.1, 0.15) is 5.75 Å². The Hall–Kier alpha value is -3.06. The van der Waals surface area contributed by atoms with Crippen molar-refractivity contribution < 1.29 is 23.8 Å². The lowest BCUT2D eigenvalue weighted by molar-refractivity contribution is -0.153. The van der Waals surface area contributed by atoms with Gasteiger partial charge in [0, 0.05) is 24.5 Å². The molecule has 7 nitrogen and oxygen atoms in total. The predicted molar refractivity (Wildman–Crippen MR) is 110 cm³/mol. The van der Waals surface area contributed by atoms with E-state index in [0.717, 1.165) is 32.0 Å². The van der Waals surface area contributed by atoms with E-state index in [4.69, 9.17) is 14.2 Å². The first-order valence-corrected chi connectivity index (χ1v) is 9.73. The molecule has 2 aromatic rings. The SMILES string of the molecule is C[C@@H](OC(=O)CCOc1ccccc1)C(=O)Nc1ccc(N2CCOCC2)cc1. The lowest BCUT2D eigenvalue weighted by atomic mass is 10.2. The summed E-state index contributed by atoms with van der Waals surface area (Å²) in [5.41, 5.74) is 1.74. The van der Waals surface area contributed by atoms with Crippen molar-refractivity contribution in [1.29, 1.82) is 0 Å². The number of morpholine rings is 1. The van der Waals surface area contributed by atoms with Crippen LogP contribution in [0.25, 0.3) is 0 Å². The summed E-state index contributed by atoms with van der Waals surface area (Å²) >= 11 is 0. The molecule has 1 N–H and O–H groups in total. The molecule has 3 rings (SSSR count). The summed E-state index contributed by atoms with van der Waals surface area (Å²) in [5.74, 6) is -0.167. The molecule has 0 unspecified atom stereocenters. The number of nitrogens with zero attached hydrogens (tertiary/aromatic N) is 1. The number of rotatable bonds is 8. The maximum Gasteiger partial charge on any atom is 0.310 e. The highest BCUT2D eigenvalue weighted by Gasteiger charge is 2.18. The second-order valence-electron chi connectivity index (χ2n) is 6.68. The molecule has 0 bridgehead atoms. The molecule has 7 heteroatoms. The van der Waals surface area contributed by atoms with E-state index in [9.17, 15) is 9.59 Å². The zero-order chi connectivity index (χ0) is 20.5. The van der Waals surface area contributed by atoms with Crippen molar-refractivity contribution in [3.05, 3.63) is 54.6 Å². The number of hydrogen-bond acceptors (Lipinski definition) is 6. The number of anilines is 2. The monoisotopic (exact) mass is 398 g/mol. The molecule has 1 amide bonds. The summed E-state index contributed by atoms with van der Waals surface area (Å²) in [4.78, 5) is 26.4. The molecule has 0 radical (unpaired) electrons. The van der Waals surface area contributed by atoms with Crippen molar-refractivity contribution >= 4 is 23.3 Å². The molecular weight excluding hydrogens is 372 g/mol. The molecule has 29 heavy (non-hydrogen) atoms. The Labute approximate surface area is 170 Å². The average Bonchev–Trinajstić information content (AvgIpc) is 2.75. The Balaban J connectivity index is 1.40. The topological polar surface area (TPSA) is 77.1 Å². The highest BCUT2D eigenvalue weighted by molar-refractivity contribution is 5.95. The van der Waals surface area contributed by atoms with E-state index in [1.165, 1.54) is 0 Å². The molecule has 1 heterocycles. The normalized spacial score (nSPS) is 14.7. The Kier molecular flexibility index (Phi) is 7.47. The second kappa shape index (κ2) is 10.5. The number of amides is 1. The molecule has 1 aliphatic heterocycles. The summed E-state index contributed by atoms with van der Waals surface area (Å²) < 4.78 is 16.0. The first kappa shape index (κ1) is 20.7. The molecule has 0 aliphatic carbocycles. The number of carbonyl (C=O) groups excluding carboxylic acids is 2. The predicted octanol–water partition coefficient (Wildman–Crippen LogP) is 2.86. The number of carbonyl (C=O) groups is 2. The quantitative estimate of drug-likeness (QED) is 0.689. The fourth-order valence-corrected chi connectivity index (χ4v) is 2.90. The van der Waals surface area contributed by atoms with Crippen LogP contribution in [0.2, 0.25) is 0 Å². The first-order valence-electron chi connectivity index (χ1n) is 9.73. The lowest BCUT2D eigenvalue weighted by Gasteiger charge is -2.28. The Morgan fingerprint density at radius 1 is 1.07 bits per heavy atom. The van der Waals surface area contributed by atoms with E-state index in [-0.39, 0.29) is 18.9 Å². The standard InChI is InChI=1S/C22H26N2O5/c1-17(29-21(25)11-14-28-20-5-3-2-4-6-20)22(26)23-18-7-9-19(10-8-18)24-12-15-27-16-13-24/h2-10,17H,11-16H2,1H3,(H,23,26)/t17-/m1/s1. The number of benzene rings is 2. The summed E-state index contributed by atoms with van der Waals surface area (Å²) in [6, 6.07) is 16.8. The minimum absolute atomic E-state index is 0.0702. The summed E-state index contributed by atoms with van der Waals surface area (Å²) in [6.45, 7) is 4.89. The fourth-order valence-electron chi connectivity index (χ4n) is 2.90. The molecule has 2 aromatic carbocycles. The largest absolute Gasteiger partial charge is 0.493 e. The molecular formula is C22H26N2O5. The number of hydrogen-bond donors (Lipinski definition) is 1. The van der Waals surface area contributed by atoms with Crippen LogP contribution in [0.4, 0.5) is 11.4 Å². The smallest absolute Gasteiger partial charge is 0.310 e. The molecule has 1 aliphatic rings. The highest BCUT2D eigenvalue weighted by Crippen LogP contribution is 2.19. The van der Waals surface area contributed by atoms with E-state index in [0.29, 0.717) is 11.4 Å².